The number of nitrogens with one attached hydrogen (secondary N) is 2. The van der Waals surface area contributed by atoms with Gasteiger partial charge in [0.1, 0.15) is 18.2 Å². The van der Waals surface area contributed by atoms with Crippen LogP contribution in [0.4, 0.5) is 5.82 Å². The summed E-state index contributed by atoms with van der Waals surface area (Å²) in [6.07, 6.45) is 7.79. The highest BCUT2D eigenvalue weighted by atomic mass is 16.5. The Morgan fingerprint density at radius 1 is 1.14 bits per heavy atom. The third-order valence-corrected chi connectivity index (χ3v) is 5.29. The maximum atomic E-state index is 6.22. The molecule has 0 amide bonds. The molecule has 1 unspecified atom stereocenters. The van der Waals surface area contributed by atoms with Crippen molar-refractivity contribution in [3.8, 4) is 0 Å². The summed E-state index contributed by atoms with van der Waals surface area (Å²) in [5, 5.41) is 11.4. The van der Waals surface area contributed by atoms with Gasteiger partial charge in [-0.2, -0.15) is 5.10 Å². The summed E-state index contributed by atoms with van der Waals surface area (Å²) in [7, 11) is 0. The third-order valence-electron chi connectivity index (χ3n) is 5.29. The van der Waals surface area contributed by atoms with Gasteiger partial charge in [-0.15, -0.1) is 0 Å². The molecule has 1 fully saturated rings. The molecule has 1 atom stereocenters. The fourth-order valence-electron chi connectivity index (χ4n) is 3.78. The first-order valence-electron chi connectivity index (χ1n) is 10.0. The Bertz CT molecular complexity index is 861. The van der Waals surface area contributed by atoms with E-state index in [1.807, 2.05) is 25.1 Å². The molecule has 1 saturated carbocycles. The number of fused-ring (bicyclic) bond motifs is 1. The first kappa shape index (κ1) is 18.8. The monoisotopic (exact) mass is 381 g/mol. The van der Waals surface area contributed by atoms with Gasteiger partial charge in [0, 0.05) is 12.6 Å². The van der Waals surface area contributed by atoms with Gasteiger partial charge in [-0.05, 0) is 38.2 Å². The van der Waals surface area contributed by atoms with Gasteiger partial charge in [0.15, 0.2) is 5.65 Å². The van der Waals surface area contributed by atoms with Crippen molar-refractivity contribution in [3.63, 3.8) is 0 Å². The van der Waals surface area contributed by atoms with Crippen LogP contribution in [0.5, 0.6) is 0 Å². The van der Waals surface area contributed by atoms with Crippen molar-refractivity contribution in [3.05, 3.63) is 48.4 Å². The number of ether oxygens (including phenoxy) is 2. The van der Waals surface area contributed by atoms with Crippen molar-refractivity contribution in [2.45, 2.75) is 50.9 Å². The van der Waals surface area contributed by atoms with Crippen LogP contribution in [0.15, 0.2) is 42.9 Å². The fourth-order valence-corrected chi connectivity index (χ4v) is 3.78. The van der Waals surface area contributed by atoms with Gasteiger partial charge < -0.3 is 14.8 Å². The van der Waals surface area contributed by atoms with Crippen molar-refractivity contribution < 1.29 is 9.47 Å². The minimum atomic E-state index is -0.00237. The van der Waals surface area contributed by atoms with Crippen LogP contribution in [-0.2, 0) is 9.47 Å². The minimum Gasteiger partial charge on any atom is -0.375 e. The van der Waals surface area contributed by atoms with Gasteiger partial charge in [0.25, 0.3) is 0 Å². The molecule has 1 aromatic carbocycles. The zero-order valence-electron chi connectivity index (χ0n) is 16.2. The van der Waals surface area contributed by atoms with E-state index in [1.165, 1.54) is 5.56 Å². The molecule has 0 aliphatic heterocycles. The molecule has 0 spiro atoms. The van der Waals surface area contributed by atoms with Gasteiger partial charge in [0.2, 0.25) is 0 Å². The van der Waals surface area contributed by atoms with Gasteiger partial charge in [-0.25, -0.2) is 9.97 Å². The maximum absolute atomic E-state index is 6.22. The SMILES string of the molecule is CCOC(COC1CCC(Nc2ncnc3[nH]ncc23)CC1)c1ccccc1. The van der Waals surface area contributed by atoms with Crippen LogP contribution >= 0.6 is 0 Å². The first-order valence-corrected chi connectivity index (χ1v) is 10.0. The van der Waals surface area contributed by atoms with Crippen LogP contribution in [0.25, 0.3) is 11.0 Å². The standard InChI is InChI=1S/C21H27N5O2/c1-2-27-19(15-6-4-3-5-7-15)13-28-17-10-8-16(9-11-17)25-20-18-12-24-26-21(18)23-14-22-20/h3-7,12,14,16-17,19H,2,8-11,13H2,1H3,(H2,22,23,24,25,26). The highest BCUT2D eigenvalue weighted by Crippen LogP contribution is 2.27. The number of rotatable bonds is 8. The normalized spacial score (nSPS) is 20.9. The molecule has 1 aliphatic rings. The third kappa shape index (κ3) is 4.48. The van der Waals surface area contributed by atoms with E-state index in [2.05, 4.69) is 37.6 Å². The quantitative estimate of drug-likeness (QED) is 0.616. The highest BCUT2D eigenvalue weighted by Gasteiger charge is 2.24. The summed E-state index contributed by atoms with van der Waals surface area (Å²) >= 11 is 0. The number of hydrogen-bond donors (Lipinski definition) is 2. The van der Waals surface area contributed by atoms with E-state index in [0.29, 0.717) is 19.3 Å². The van der Waals surface area contributed by atoms with E-state index >= 15 is 0 Å². The molecule has 0 bridgehead atoms. The molecule has 7 heteroatoms. The molecule has 28 heavy (non-hydrogen) atoms. The van der Waals surface area contributed by atoms with Crippen molar-refractivity contribution in [1.29, 1.82) is 0 Å². The zero-order valence-corrected chi connectivity index (χ0v) is 16.2. The zero-order chi connectivity index (χ0) is 19.2. The molecule has 148 valence electrons. The van der Waals surface area contributed by atoms with Crippen LogP contribution in [0.2, 0.25) is 0 Å². The lowest BCUT2D eigenvalue weighted by Gasteiger charge is -2.30. The fraction of sp³-hybridized carbons (Fsp3) is 0.476. The Morgan fingerprint density at radius 2 is 1.96 bits per heavy atom. The largest absolute Gasteiger partial charge is 0.375 e. The average molecular weight is 381 g/mol. The molecule has 0 saturated heterocycles. The number of aromatic amines is 1. The van der Waals surface area contributed by atoms with Crippen LogP contribution in [-0.4, -0.2) is 45.5 Å². The summed E-state index contributed by atoms with van der Waals surface area (Å²) < 4.78 is 12.1. The van der Waals surface area contributed by atoms with E-state index in [4.69, 9.17) is 9.47 Å². The molecule has 0 radical (unpaired) electrons. The summed E-state index contributed by atoms with van der Waals surface area (Å²) in [5.41, 5.74) is 1.94. The number of nitrogens with zero attached hydrogens (tertiary/aromatic N) is 3. The molecule has 1 aliphatic carbocycles. The lowest BCUT2D eigenvalue weighted by Crippen LogP contribution is -2.31. The van der Waals surface area contributed by atoms with E-state index in [1.54, 1.807) is 12.5 Å². The van der Waals surface area contributed by atoms with E-state index in [-0.39, 0.29) is 12.2 Å². The molecule has 3 aromatic rings. The Balaban J connectivity index is 1.27. The van der Waals surface area contributed by atoms with Crippen molar-refractivity contribution in [1.82, 2.24) is 20.2 Å². The van der Waals surface area contributed by atoms with Crippen molar-refractivity contribution in [2.75, 3.05) is 18.5 Å². The predicted octanol–water partition coefficient (Wildman–Crippen LogP) is 3.87. The van der Waals surface area contributed by atoms with Crippen molar-refractivity contribution in [2.24, 2.45) is 0 Å². The van der Waals surface area contributed by atoms with E-state index in [0.717, 1.165) is 42.5 Å². The number of H-pyrrole nitrogens is 1. The second-order valence-electron chi connectivity index (χ2n) is 7.16. The summed E-state index contributed by atoms with van der Waals surface area (Å²) in [4.78, 5) is 8.56. The van der Waals surface area contributed by atoms with Gasteiger partial charge in [-0.3, -0.25) is 5.10 Å². The van der Waals surface area contributed by atoms with Crippen LogP contribution in [0.3, 0.4) is 0 Å². The van der Waals surface area contributed by atoms with Gasteiger partial charge in [0.05, 0.1) is 24.3 Å². The number of hydrogen-bond acceptors (Lipinski definition) is 6. The molecule has 2 heterocycles. The maximum Gasteiger partial charge on any atom is 0.160 e. The van der Waals surface area contributed by atoms with Crippen molar-refractivity contribution >= 4 is 16.9 Å². The second kappa shape index (κ2) is 9.12. The number of aromatic nitrogens is 4. The topological polar surface area (TPSA) is 85.0 Å². The number of benzene rings is 1. The van der Waals surface area contributed by atoms with Crippen LogP contribution < -0.4 is 5.32 Å². The molecular formula is C21H27N5O2. The lowest BCUT2D eigenvalue weighted by molar-refractivity contribution is -0.0527. The average Bonchev–Trinajstić information content (AvgIpc) is 3.23. The second-order valence-corrected chi connectivity index (χ2v) is 7.16. The predicted molar refractivity (Wildman–Crippen MR) is 108 cm³/mol. The molecule has 2 N–H and O–H groups in total. The smallest absolute Gasteiger partial charge is 0.160 e. The first-order chi connectivity index (χ1) is 13.8. The summed E-state index contributed by atoms with van der Waals surface area (Å²) in [6.45, 7) is 3.31. The molecule has 7 nitrogen and oxygen atoms in total. The number of anilines is 1. The summed E-state index contributed by atoms with van der Waals surface area (Å²) in [6, 6.07) is 10.7. The van der Waals surface area contributed by atoms with E-state index < -0.39 is 0 Å². The Labute approximate surface area is 164 Å². The molecule has 2 aromatic heterocycles. The lowest BCUT2D eigenvalue weighted by atomic mass is 9.93. The van der Waals surface area contributed by atoms with Gasteiger partial charge in [-0.1, -0.05) is 30.3 Å². The van der Waals surface area contributed by atoms with Gasteiger partial charge >= 0.3 is 0 Å². The highest BCUT2D eigenvalue weighted by molar-refractivity contribution is 5.85. The minimum absolute atomic E-state index is 0.00237. The molecular weight excluding hydrogens is 354 g/mol. The van der Waals surface area contributed by atoms with E-state index in [9.17, 15) is 0 Å². The Morgan fingerprint density at radius 3 is 2.75 bits per heavy atom. The Hall–Kier alpha value is -2.51. The van der Waals surface area contributed by atoms with Crippen LogP contribution in [0, 0.1) is 0 Å². The molecule has 4 rings (SSSR count). The van der Waals surface area contributed by atoms with Crippen LogP contribution in [0.1, 0.15) is 44.3 Å². The Kier molecular flexibility index (Phi) is 6.14. The summed E-state index contributed by atoms with van der Waals surface area (Å²) in [5.74, 6) is 0.851.